The van der Waals surface area contributed by atoms with Crippen molar-refractivity contribution in [1.29, 1.82) is 0 Å². The number of aryl methyl sites for hydroxylation is 1. The van der Waals surface area contributed by atoms with Crippen LogP contribution in [0.3, 0.4) is 0 Å². The standard InChI is InChI=1S/C25H25ClN4O4/c1-15-3-10-21(33-2)20(11-15)30-13-17(12-23(30)31)25(32)29(19-8-9-19)14-22-27-28-24(34-22)16-4-6-18(26)7-5-16/h3-7,10-11,17,19H,8-9,12-14H2,1-2H3. The van der Waals surface area contributed by atoms with Gasteiger partial charge in [-0.15, -0.1) is 10.2 Å². The van der Waals surface area contributed by atoms with Crippen LogP contribution in [0.25, 0.3) is 11.5 Å². The van der Waals surface area contributed by atoms with Crippen molar-refractivity contribution in [2.75, 3.05) is 18.6 Å². The lowest BCUT2D eigenvalue weighted by molar-refractivity contribution is -0.137. The highest BCUT2D eigenvalue weighted by molar-refractivity contribution is 6.30. The molecule has 2 aromatic carbocycles. The summed E-state index contributed by atoms with van der Waals surface area (Å²) in [6.07, 6.45) is 2.03. The first-order chi connectivity index (χ1) is 16.4. The molecule has 2 amide bonds. The lowest BCUT2D eigenvalue weighted by atomic mass is 10.1. The first-order valence-corrected chi connectivity index (χ1v) is 11.6. The Morgan fingerprint density at radius 2 is 1.97 bits per heavy atom. The molecule has 1 unspecified atom stereocenters. The highest BCUT2D eigenvalue weighted by atomic mass is 35.5. The second kappa shape index (κ2) is 9.10. The fourth-order valence-electron chi connectivity index (χ4n) is 4.30. The first-order valence-electron chi connectivity index (χ1n) is 11.3. The van der Waals surface area contributed by atoms with Crippen LogP contribution in [0, 0.1) is 12.8 Å². The van der Waals surface area contributed by atoms with Gasteiger partial charge in [0.05, 0.1) is 25.3 Å². The molecular weight excluding hydrogens is 456 g/mol. The van der Waals surface area contributed by atoms with E-state index in [0.29, 0.717) is 34.8 Å². The van der Waals surface area contributed by atoms with Crippen molar-refractivity contribution >= 4 is 29.1 Å². The molecule has 34 heavy (non-hydrogen) atoms. The normalized spacial score (nSPS) is 17.8. The van der Waals surface area contributed by atoms with E-state index >= 15 is 0 Å². The number of aromatic nitrogens is 2. The van der Waals surface area contributed by atoms with Crippen molar-refractivity contribution in [2.24, 2.45) is 5.92 Å². The molecule has 0 N–H and O–H groups in total. The predicted octanol–water partition coefficient (Wildman–Crippen LogP) is 4.25. The van der Waals surface area contributed by atoms with Gasteiger partial charge in [0.15, 0.2) is 0 Å². The van der Waals surface area contributed by atoms with Crippen LogP contribution in [0.5, 0.6) is 5.75 Å². The van der Waals surface area contributed by atoms with E-state index in [-0.39, 0.29) is 30.8 Å². The number of methoxy groups -OCH3 is 1. The van der Waals surface area contributed by atoms with Crippen LogP contribution < -0.4 is 9.64 Å². The van der Waals surface area contributed by atoms with Crippen LogP contribution in [0.2, 0.25) is 5.02 Å². The average molecular weight is 481 g/mol. The molecule has 2 heterocycles. The lowest BCUT2D eigenvalue weighted by Crippen LogP contribution is -2.38. The monoisotopic (exact) mass is 480 g/mol. The zero-order valence-electron chi connectivity index (χ0n) is 19.0. The molecule has 0 radical (unpaired) electrons. The smallest absolute Gasteiger partial charge is 0.247 e. The van der Waals surface area contributed by atoms with Crippen LogP contribution in [-0.4, -0.2) is 46.6 Å². The number of hydrogen-bond acceptors (Lipinski definition) is 6. The zero-order chi connectivity index (χ0) is 23.8. The maximum atomic E-state index is 13.5. The maximum Gasteiger partial charge on any atom is 0.247 e. The Bertz CT molecular complexity index is 1220. The summed E-state index contributed by atoms with van der Waals surface area (Å²) in [5.41, 5.74) is 2.48. The van der Waals surface area contributed by atoms with Gasteiger partial charge in [-0.05, 0) is 61.7 Å². The van der Waals surface area contributed by atoms with Gasteiger partial charge in [0.2, 0.25) is 23.6 Å². The van der Waals surface area contributed by atoms with Crippen LogP contribution in [-0.2, 0) is 16.1 Å². The molecular formula is C25H25ClN4O4. The molecule has 1 aliphatic carbocycles. The Kier molecular flexibility index (Phi) is 6.00. The number of carbonyl (C=O) groups is 2. The molecule has 1 aliphatic heterocycles. The second-order valence-corrected chi connectivity index (χ2v) is 9.22. The third-order valence-corrected chi connectivity index (χ3v) is 6.49. The number of carbonyl (C=O) groups excluding carboxylic acids is 2. The molecule has 8 nitrogen and oxygen atoms in total. The average Bonchev–Trinajstić information content (AvgIpc) is 3.44. The summed E-state index contributed by atoms with van der Waals surface area (Å²) in [5, 5.41) is 8.89. The molecule has 9 heteroatoms. The largest absolute Gasteiger partial charge is 0.495 e. The highest BCUT2D eigenvalue weighted by Crippen LogP contribution is 2.36. The molecule has 2 fully saturated rings. The number of halogens is 1. The summed E-state index contributed by atoms with van der Waals surface area (Å²) in [6.45, 7) is 2.51. The molecule has 1 saturated heterocycles. The number of nitrogens with zero attached hydrogens (tertiary/aromatic N) is 4. The molecule has 1 atom stereocenters. The van der Waals surface area contributed by atoms with Crippen molar-refractivity contribution in [2.45, 2.75) is 38.8 Å². The summed E-state index contributed by atoms with van der Waals surface area (Å²) >= 11 is 5.95. The molecule has 0 spiro atoms. The summed E-state index contributed by atoms with van der Waals surface area (Å²) in [7, 11) is 1.58. The Morgan fingerprint density at radius 1 is 1.21 bits per heavy atom. The van der Waals surface area contributed by atoms with Gasteiger partial charge in [0.25, 0.3) is 0 Å². The van der Waals surface area contributed by atoms with Crippen molar-refractivity contribution < 1.29 is 18.7 Å². The molecule has 176 valence electrons. The van der Waals surface area contributed by atoms with Crippen LogP contribution in [0.15, 0.2) is 46.9 Å². The van der Waals surface area contributed by atoms with Crippen LogP contribution in [0.4, 0.5) is 5.69 Å². The number of hydrogen-bond donors (Lipinski definition) is 0. The van der Waals surface area contributed by atoms with Gasteiger partial charge in [0.1, 0.15) is 5.75 Å². The van der Waals surface area contributed by atoms with Crippen molar-refractivity contribution in [3.8, 4) is 17.2 Å². The minimum absolute atomic E-state index is 0.0591. The zero-order valence-corrected chi connectivity index (χ0v) is 19.8. The Morgan fingerprint density at radius 3 is 2.68 bits per heavy atom. The topological polar surface area (TPSA) is 88.8 Å². The van der Waals surface area contributed by atoms with Crippen molar-refractivity contribution in [3.63, 3.8) is 0 Å². The first kappa shape index (κ1) is 22.4. The highest BCUT2D eigenvalue weighted by Gasteiger charge is 2.42. The van der Waals surface area contributed by atoms with Gasteiger partial charge in [0, 0.05) is 29.6 Å². The minimum Gasteiger partial charge on any atom is -0.495 e. The second-order valence-electron chi connectivity index (χ2n) is 8.79. The molecule has 2 aliphatic rings. The predicted molar refractivity (Wildman–Crippen MR) is 127 cm³/mol. The SMILES string of the molecule is COc1ccc(C)cc1N1CC(C(=O)N(Cc2nnc(-c3ccc(Cl)cc3)o2)C2CC2)CC1=O. The quantitative estimate of drug-likeness (QED) is 0.502. The summed E-state index contributed by atoms with van der Waals surface area (Å²) in [4.78, 5) is 29.8. The van der Waals surface area contributed by atoms with E-state index in [2.05, 4.69) is 10.2 Å². The third-order valence-electron chi connectivity index (χ3n) is 6.23. The van der Waals surface area contributed by atoms with Gasteiger partial charge in [-0.2, -0.15) is 0 Å². The molecule has 1 saturated carbocycles. The molecule has 0 bridgehead atoms. The van der Waals surface area contributed by atoms with Gasteiger partial charge >= 0.3 is 0 Å². The number of amides is 2. The Balaban J connectivity index is 1.32. The van der Waals surface area contributed by atoms with Crippen molar-refractivity contribution in [1.82, 2.24) is 15.1 Å². The summed E-state index contributed by atoms with van der Waals surface area (Å²) in [5.74, 6) is 0.788. The molecule has 1 aromatic heterocycles. The van der Waals surface area contributed by atoms with E-state index in [9.17, 15) is 9.59 Å². The summed E-state index contributed by atoms with van der Waals surface area (Å²) < 4.78 is 11.3. The minimum atomic E-state index is -0.433. The Hall–Kier alpha value is -3.39. The number of benzene rings is 2. The number of ether oxygens (including phenoxy) is 1. The summed E-state index contributed by atoms with van der Waals surface area (Å²) in [6, 6.07) is 13.0. The number of anilines is 1. The van der Waals surface area contributed by atoms with Gasteiger partial charge in [-0.25, -0.2) is 0 Å². The third kappa shape index (κ3) is 4.50. The van der Waals surface area contributed by atoms with E-state index < -0.39 is 5.92 Å². The Labute approximate surface area is 202 Å². The van der Waals surface area contributed by atoms with E-state index in [1.807, 2.05) is 37.3 Å². The van der Waals surface area contributed by atoms with E-state index in [1.165, 1.54) is 0 Å². The van der Waals surface area contributed by atoms with Crippen LogP contribution in [0.1, 0.15) is 30.7 Å². The van der Waals surface area contributed by atoms with E-state index in [4.69, 9.17) is 20.8 Å². The van der Waals surface area contributed by atoms with E-state index in [0.717, 1.165) is 24.0 Å². The van der Waals surface area contributed by atoms with Gasteiger partial charge in [-0.3, -0.25) is 9.59 Å². The molecule has 3 aromatic rings. The van der Waals surface area contributed by atoms with E-state index in [1.54, 1.807) is 29.0 Å². The fourth-order valence-corrected chi connectivity index (χ4v) is 4.42. The fraction of sp³-hybridized carbons (Fsp3) is 0.360. The van der Waals surface area contributed by atoms with Gasteiger partial charge in [-0.1, -0.05) is 17.7 Å². The number of rotatable bonds is 7. The lowest BCUT2D eigenvalue weighted by Gasteiger charge is -2.24. The van der Waals surface area contributed by atoms with Crippen molar-refractivity contribution in [3.05, 3.63) is 58.9 Å². The molecule has 5 rings (SSSR count). The van der Waals surface area contributed by atoms with Crippen LogP contribution >= 0.6 is 11.6 Å². The maximum absolute atomic E-state index is 13.5. The van der Waals surface area contributed by atoms with Gasteiger partial charge < -0.3 is 19.0 Å².